The van der Waals surface area contributed by atoms with Crippen LogP contribution < -0.4 is 0 Å². The molecule has 2 aromatic rings. The zero-order chi connectivity index (χ0) is 11.1. The van der Waals surface area contributed by atoms with E-state index >= 15 is 0 Å². The van der Waals surface area contributed by atoms with Gasteiger partial charge in [0.1, 0.15) is 0 Å². The van der Waals surface area contributed by atoms with Crippen molar-refractivity contribution in [2.24, 2.45) is 0 Å². The quantitative estimate of drug-likeness (QED) is 0.769. The van der Waals surface area contributed by atoms with E-state index in [0.717, 1.165) is 16.2 Å². The van der Waals surface area contributed by atoms with Crippen LogP contribution in [0.4, 0.5) is 0 Å². The Kier molecular flexibility index (Phi) is 2.73. The Hall–Kier alpha value is -0.613. The normalized spacial score (nSPS) is 12.3. The lowest BCUT2D eigenvalue weighted by molar-refractivity contribution is 0.735. The van der Waals surface area contributed by atoms with E-state index in [1.165, 1.54) is 5.39 Å². The SMILES string of the molecule is C[Si](C)(C)Cn1cc2c(Br)cccc2n1. The van der Waals surface area contributed by atoms with Crippen LogP contribution in [-0.4, -0.2) is 17.9 Å². The molecule has 0 spiro atoms. The van der Waals surface area contributed by atoms with E-state index in [9.17, 15) is 0 Å². The number of hydrogen-bond donors (Lipinski definition) is 0. The molecule has 4 heteroatoms. The first-order valence-electron chi connectivity index (χ1n) is 5.07. The van der Waals surface area contributed by atoms with Crippen LogP contribution in [-0.2, 0) is 6.17 Å². The van der Waals surface area contributed by atoms with Gasteiger partial charge in [-0.15, -0.1) is 0 Å². The molecule has 0 saturated carbocycles. The van der Waals surface area contributed by atoms with Crippen molar-refractivity contribution in [3.8, 4) is 0 Å². The molecule has 2 nitrogen and oxygen atoms in total. The minimum absolute atomic E-state index is 1.07. The molecule has 1 aromatic heterocycles. The number of halogens is 1. The smallest absolute Gasteiger partial charge is 0.0934 e. The Morgan fingerprint density at radius 1 is 1.33 bits per heavy atom. The Morgan fingerprint density at radius 2 is 2.07 bits per heavy atom. The third-order valence-corrected chi connectivity index (χ3v) is 4.14. The van der Waals surface area contributed by atoms with Crippen molar-refractivity contribution in [3.05, 3.63) is 28.9 Å². The maximum Gasteiger partial charge on any atom is 0.0934 e. The number of rotatable bonds is 2. The van der Waals surface area contributed by atoms with Crippen molar-refractivity contribution in [2.75, 3.05) is 0 Å². The van der Waals surface area contributed by atoms with Crippen molar-refractivity contribution in [3.63, 3.8) is 0 Å². The average molecular weight is 283 g/mol. The monoisotopic (exact) mass is 282 g/mol. The molecule has 0 aliphatic rings. The molecular weight excluding hydrogens is 268 g/mol. The van der Waals surface area contributed by atoms with E-state index in [0.29, 0.717) is 0 Å². The van der Waals surface area contributed by atoms with Crippen LogP contribution in [0.15, 0.2) is 28.9 Å². The summed E-state index contributed by atoms with van der Waals surface area (Å²) in [7, 11) is -1.09. The van der Waals surface area contributed by atoms with Crippen molar-refractivity contribution in [1.29, 1.82) is 0 Å². The van der Waals surface area contributed by atoms with E-state index < -0.39 is 8.07 Å². The summed E-state index contributed by atoms with van der Waals surface area (Å²) in [6.45, 7) is 7.07. The van der Waals surface area contributed by atoms with Crippen LogP contribution in [0.1, 0.15) is 0 Å². The second-order valence-electron chi connectivity index (χ2n) is 5.06. The molecular formula is C11H15BrN2Si. The summed E-state index contributed by atoms with van der Waals surface area (Å²) in [6, 6.07) is 6.14. The van der Waals surface area contributed by atoms with Gasteiger partial charge in [-0.2, -0.15) is 5.10 Å². The summed E-state index contributed by atoms with van der Waals surface area (Å²) >= 11 is 3.55. The minimum atomic E-state index is -1.09. The summed E-state index contributed by atoms with van der Waals surface area (Å²) in [6.07, 6.45) is 3.21. The van der Waals surface area contributed by atoms with E-state index in [-0.39, 0.29) is 0 Å². The summed E-state index contributed by atoms with van der Waals surface area (Å²) < 4.78 is 3.21. The highest BCUT2D eigenvalue weighted by molar-refractivity contribution is 9.10. The van der Waals surface area contributed by atoms with Crippen LogP contribution in [0.25, 0.3) is 10.9 Å². The van der Waals surface area contributed by atoms with Crippen molar-refractivity contribution < 1.29 is 0 Å². The van der Waals surface area contributed by atoms with Crippen LogP contribution in [0.3, 0.4) is 0 Å². The lowest BCUT2D eigenvalue weighted by atomic mass is 10.3. The van der Waals surface area contributed by atoms with Gasteiger partial charge in [-0.05, 0) is 12.1 Å². The van der Waals surface area contributed by atoms with Gasteiger partial charge < -0.3 is 0 Å². The minimum Gasteiger partial charge on any atom is -0.274 e. The summed E-state index contributed by atoms with van der Waals surface area (Å²) in [5.74, 6) is 0. The van der Waals surface area contributed by atoms with Gasteiger partial charge in [-0.3, -0.25) is 4.68 Å². The van der Waals surface area contributed by atoms with Gasteiger partial charge in [-0.25, -0.2) is 0 Å². The highest BCUT2D eigenvalue weighted by atomic mass is 79.9. The maximum absolute atomic E-state index is 4.58. The molecule has 0 N–H and O–H groups in total. The summed E-state index contributed by atoms with van der Waals surface area (Å²) in [4.78, 5) is 0. The molecule has 15 heavy (non-hydrogen) atoms. The molecule has 0 bridgehead atoms. The Bertz CT molecular complexity index is 485. The average Bonchev–Trinajstić information content (AvgIpc) is 2.45. The Morgan fingerprint density at radius 3 is 2.67 bits per heavy atom. The van der Waals surface area contributed by atoms with E-state index in [4.69, 9.17) is 0 Å². The van der Waals surface area contributed by atoms with E-state index in [1.807, 2.05) is 6.07 Å². The fourth-order valence-corrected chi connectivity index (χ4v) is 3.22. The van der Waals surface area contributed by atoms with Gasteiger partial charge in [0.15, 0.2) is 0 Å². The maximum atomic E-state index is 4.58. The molecule has 1 heterocycles. The molecule has 0 unspecified atom stereocenters. The first-order chi connectivity index (χ1) is 6.96. The predicted molar refractivity (Wildman–Crippen MR) is 70.8 cm³/mol. The zero-order valence-corrected chi connectivity index (χ0v) is 11.9. The first kappa shape index (κ1) is 10.9. The van der Waals surface area contributed by atoms with Crippen molar-refractivity contribution >= 4 is 34.9 Å². The highest BCUT2D eigenvalue weighted by Crippen LogP contribution is 2.22. The molecule has 2 rings (SSSR count). The van der Waals surface area contributed by atoms with Crippen LogP contribution >= 0.6 is 15.9 Å². The molecule has 0 aliphatic carbocycles. The topological polar surface area (TPSA) is 17.8 Å². The number of fused-ring (bicyclic) bond motifs is 1. The van der Waals surface area contributed by atoms with Crippen molar-refractivity contribution in [1.82, 2.24) is 9.78 Å². The molecule has 0 radical (unpaired) electrons. The van der Waals surface area contributed by atoms with Gasteiger partial charge >= 0.3 is 0 Å². The molecule has 1 aromatic carbocycles. The first-order valence-corrected chi connectivity index (χ1v) is 9.57. The van der Waals surface area contributed by atoms with Crippen LogP contribution in [0.2, 0.25) is 19.6 Å². The number of hydrogen-bond acceptors (Lipinski definition) is 1. The summed E-state index contributed by atoms with van der Waals surface area (Å²) in [5, 5.41) is 5.78. The third-order valence-electron chi connectivity index (χ3n) is 2.18. The fraction of sp³-hybridized carbons (Fsp3) is 0.364. The molecule has 0 atom stereocenters. The number of nitrogens with zero attached hydrogens (tertiary/aromatic N) is 2. The van der Waals surface area contributed by atoms with Crippen LogP contribution in [0, 0.1) is 0 Å². The van der Waals surface area contributed by atoms with Crippen molar-refractivity contribution in [2.45, 2.75) is 25.8 Å². The molecule has 80 valence electrons. The molecule has 0 fully saturated rings. The Balaban J connectivity index is 2.44. The standard InChI is InChI=1S/C11H15BrN2Si/c1-15(2,3)8-14-7-9-10(12)5-4-6-11(9)13-14/h4-7H,8H2,1-3H3. The molecule has 0 saturated heterocycles. The highest BCUT2D eigenvalue weighted by Gasteiger charge is 2.15. The number of benzene rings is 1. The third kappa shape index (κ3) is 2.49. The molecule has 0 aliphatic heterocycles. The zero-order valence-electron chi connectivity index (χ0n) is 9.29. The second-order valence-corrected chi connectivity index (χ2v) is 11.4. The lowest BCUT2D eigenvalue weighted by Crippen LogP contribution is -2.28. The van der Waals surface area contributed by atoms with Gasteiger partial charge in [0.05, 0.1) is 13.6 Å². The van der Waals surface area contributed by atoms with E-state index in [2.05, 4.69) is 63.7 Å². The van der Waals surface area contributed by atoms with Gasteiger partial charge in [0.25, 0.3) is 0 Å². The second kappa shape index (κ2) is 3.76. The van der Waals surface area contributed by atoms with Gasteiger partial charge in [-0.1, -0.05) is 41.6 Å². The number of aromatic nitrogens is 2. The molecule has 0 amide bonds. The van der Waals surface area contributed by atoms with E-state index in [1.54, 1.807) is 0 Å². The predicted octanol–water partition coefficient (Wildman–Crippen LogP) is 3.68. The van der Waals surface area contributed by atoms with Gasteiger partial charge in [0.2, 0.25) is 0 Å². The summed E-state index contributed by atoms with van der Waals surface area (Å²) in [5.41, 5.74) is 1.07. The van der Waals surface area contributed by atoms with Crippen LogP contribution in [0.5, 0.6) is 0 Å². The largest absolute Gasteiger partial charge is 0.274 e. The Labute approximate surface area is 99.4 Å². The fourth-order valence-electron chi connectivity index (χ4n) is 1.62. The van der Waals surface area contributed by atoms with Gasteiger partial charge in [0, 0.05) is 22.2 Å². The lowest BCUT2D eigenvalue weighted by Gasteiger charge is -2.14.